The summed E-state index contributed by atoms with van der Waals surface area (Å²) in [4.78, 5) is 16.1. The maximum absolute atomic E-state index is 6.81. The molecule has 0 N–H and O–H groups in total. The minimum Gasteiger partial charge on any atom is -0.455 e. The molecule has 0 aliphatic rings. The molecular formula is C55H33N5O. The Balaban J connectivity index is 1.14. The van der Waals surface area contributed by atoms with Crippen molar-refractivity contribution in [3.63, 3.8) is 0 Å². The van der Waals surface area contributed by atoms with Crippen LogP contribution in [0.15, 0.2) is 205 Å². The molecule has 6 nitrogen and oxygen atoms in total. The van der Waals surface area contributed by atoms with Crippen LogP contribution in [-0.2, 0) is 0 Å². The minimum atomic E-state index is 0.528. The summed E-state index contributed by atoms with van der Waals surface area (Å²) in [7, 11) is 0. The Morgan fingerprint density at radius 1 is 0.344 bits per heavy atom. The topological polar surface area (TPSA) is 61.7 Å². The lowest BCUT2D eigenvalue weighted by molar-refractivity contribution is 0.669. The van der Waals surface area contributed by atoms with E-state index in [0.29, 0.717) is 17.5 Å². The number of fused-ring (bicyclic) bond motifs is 10. The van der Waals surface area contributed by atoms with Crippen molar-refractivity contribution in [2.45, 2.75) is 0 Å². The molecule has 6 heteroatoms. The Morgan fingerprint density at radius 2 is 0.934 bits per heavy atom. The highest BCUT2D eigenvalue weighted by atomic mass is 16.3. The molecule has 0 atom stereocenters. The molecule has 13 aromatic rings. The number of para-hydroxylation sites is 5. The third kappa shape index (κ3) is 5.12. The number of aromatic nitrogens is 5. The smallest absolute Gasteiger partial charge is 0.167 e. The molecule has 0 spiro atoms. The zero-order valence-electron chi connectivity index (χ0n) is 32.7. The second-order valence-corrected chi connectivity index (χ2v) is 15.6. The van der Waals surface area contributed by atoms with Crippen LogP contribution in [-0.4, -0.2) is 24.1 Å². The fourth-order valence-corrected chi connectivity index (χ4v) is 9.42. The van der Waals surface area contributed by atoms with Crippen molar-refractivity contribution in [2.24, 2.45) is 0 Å². The van der Waals surface area contributed by atoms with Gasteiger partial charge in [0.15, 0.2) is 17.5 Å². The first-order valence-electron chi connectivity index (χ1n) is 20.5. The van der Waals surface area contributed by atoms with Crippen molar-refractivity contribution in [1.82, 2.24) is 24.1 Å². The summed E-state index contributed by atoms with van der Waals surface area (Å²) in [5, 5.41) is 9.09. The molecule has 0 saturated carbocycles. The molecular weight excluding hydrogens is 747 g/mol. The van der Waals surface area contributed by atoms with E-state index in [9.17, 15) is 0 Å². The van der Waals surface area contributed by atoms with E-state index in [1.807, 2.05) is 30.3 Å². The SMILES string of the molecule is c1ccc(-c2nc(-c3cc(-n4c5ccccc5c5cc6ccccc6cc54)cc4c3oc3ccccc34)nc(-c3cccc4c5ccccc5n(-c5ccccc5)c34)n2)cc1. The monoisotopic (exact) mass is 779 g/mol. The van der Waals surface area contributed by atoms with Gasteiger partial charge in [-0.1, -0.05) is 140 Å². The van der Waals surface area contributed by atoms with Crippen LogP contribution in [0.5, 0.6) is 0 Å². The Kier molecular flexibility index (Phi) is 7.21. The number of benzene rings is 9. The third-order valence-electron chi connectivity index (χ3n) is 12.1. The molecule has 284 valence electrons. The molecule has 61 heavy (non-hydrogen) atoms. The van der Waals surface area contributed by atoms with Gasteiger partial charge in [-0.2, -0.15) is 0 Å². The van der Waals surface area contributed by atoms with E-state index in [1.165, 1.54) is 21.5 Å². The molecule has 4 heterocycles. The van der Waals surface area contributed by atoms with Gasteiger partial charge in [-0.25, -0.2) is 15.0 Å². The van der Waals surface area contributed by atoms with E-state index in [-0.39, 0.29) is 0 Å². The van der Waals surface area contributed by atoms with E-state index in [0.717, 1.165) is 82.8 Å². The van der Waals surface area contributed by atoms with Crippen LogP contribution >= 0.6 is 0 Å². The number of furan rings is 1. The molecule has 0 aliphatic carbocycles. The zero-order chi connectivity index (χ0) is 40.0. The first kappa shape index (κ1) is 33.6. The van der Waals surface area contributed by atoms with Gasteiger partial charge in [-0.05, 0) is 71.4 Å². The minimum absolute atomic E-state index is 0.528. The van der Waals surface area contributed by atoms with E-state index in [1.54, 1.807) is 0 Å². The average molecular weight is 780 g/mol. The van der Waals surface area contributed by atoms with Crippen molar-refractivity contribution in [1.29, 1.82) is 0 Å². The second kappa shape index (κ2) is 13.1. The highest BCUT2D eigenvalue weighted by molar-refractivity contribution is 6.16. The predicted octanol–water partition coefficient (Wildman–Crippen LogP) is 14.1. The van der Waals surface area contributed by atoms with Gasteiger partial charge < -0.3 is 13.6 Å². The summed E-state index contributed by atoms with van der Waals surface area (Å²) in [6.45, 7) is 0. The van der Waals surface area contributed by atoms with Crippen LogP contribution in [0, 0.1) is 0 Å². The number of hydrogen-bond donors (Lipinski definition) is 0. The molecule has 9 aromatic carbocycles. The van der Waals surface area contributed by atoms with Gasteiger partial charge in [0.2, 0.25) is 0 Å². The lowest BCUT2D eigenvalue weighted by Gasteiger charge is -2.14. The predicted molar refractivity (Wildman–Crippen MR) is 250 cm³/mol. The number of nitrogens with zero attached hydrogens (tertiary/aromatic N) is 5. The van der Waals surface area contributed by atoms with E-state index >= 15 is 0 Å². The van der Waals surface area contributed by atoms with Crippen LogP contribution in [0.1, 0.15) is 0 Å². The molecule has 0 aliphatic heterocycles. The number of rotatable bonds is 5. The van der Waals surface area contributed by atoms with Crippen molar-refractivity contribution in [3.05, 3.63) is 200 Å². The standard InChI is InChI=1S/C55H33N5O/c1-3-16-34(17-4-1)53-56-54(43-26-15-25-42-39-22-9-13-28-48(39)60(51(42)43)37-20-5-2-6-21-37)58-55(57-53)46-33-38(32-45-41-24-11-14-29-50(41)61-52(45)46)59-47-27-12-10-23-40(47)44-30-35-18-7-8-19-36(35)31-49(44)59/h1-33H. The summed E-state index contributed by atoms with van der Waals surface area (Å²) in [6.07, 6.45) is 0. The molecule has 0 bridgehead atoms. The molecule has 0 fully saturated rings. The van der Waals surface area contributed by atoms with E-state index in [4.69, 9.17) is 19.4 Å². The summed E-state index contributed by atoms with van der Waals surface area (Å²) < 4.78 is 11.5. The van der Waals surface area contributed by atoms with E-state index in [2.05, 4.69) is 179 Å². The van der Waals surface area contributed by atoms with Gasteiger partial charge in [0.05, 0.1) is 27.6 Å². The molecule has 0 amide bonds. The van der Waals surface area contributed by atoms with Crippen molar-refractivity contribution in [2.75, 3.05) is 0 Å². The zero-order valence-corrected chi connectivity index (χ0v) is 32.7. The summed E-state index contributed by atoms with van der Waals surface area (Å²) in [5.74, 6) is 1.69. The normalized spacial score (nSPS) is 11.9. The first-order valence-corrected chi connectivity index (χ1v) is 20.5. The third-order valence-corrected chi connectivity index (χ3v) is 12.1. The summed E-state index contributed by atoms with van der Waals surface area (Å²) in [5.41, 5.74) is 10.6. The Labute approximate surface area is 349 Å². The van der Waals surface area contributed by atoms with Crippen molar-refractivity contribution >= 4 is 76.3 Å². The van der Waals surface area contributed by atoms with Crippen LogP contribution in [0.4, 0.5) is 0 Å². The first-order chi connectivity index (χ1) is 30.2. The highest BCUT2D eigenvalue weighted by Crippen LogP contribution is 2.42. The van der Waals surface area contributed by atoms with Crippen LogP contribution in [0.25, 0.3) is 122 Å². The van der Waals surface area contributed by atoms with Crippen LogP contribution < -0.4 is 0 Å². The second-order valence-electron chi connectivity index (χ2n) is 15.6. The average Bonchev–Trinajstić information content (AvgIpc) is 3.98. The van der Waals surface area contributed by atoms with Gasteiger partial charge in [0.1, 0.15) is 11.2 Å². The number of hydrogen-bond acceptors (Lipinski definition) is 4. The fraction of sp³-hybridized carbons (Fsp3) is 0. The lowest BCUT2D eigenvalue weighted by Crippen LogP contribution is -2.03. The molecule has 13 rings (SSSR count). The molecule has 0 radical (unpaired) electrons. The van der Waals surface area contributed by atoms with Gasteiger partial charge in [-0.3, -0.25) is 0 Å². The molecule has 4 aromatic heterocycles. The van der Waals surface area contributed by atoms with Crippen molar-refractivity contribution < 1.29 is 4.42 Å². The van der Waals surface area contributed by atoms with Crippen LogP contribution in [0.2, 0.25) is 0 Å². The Hall–Kier alpha value is -8.35. The quantitative estimate of drug-likeness (QED) is 0.175. The lowest BCUT2D eigenvalue weighted by atomic mass is 10.1. The van der Waals surface area contributed by atoms with Gasteiger partial charge >= 0.3 is 0 Å². The molecule has 0 saturated heterocycles. The maximum atomic E-state index is 6.81. The fourth-order valence-electron chi connectivity index (χ4n) is 9.42. The maximum Gasteiger partial charge on any atom is 0.167 e. The van der Waals surface area contributed by atoms with Gasteiger partial charge in [-0.15, -0.1) is 0 Å². The highest BCUT2D eigenvalue weighted by Gasteiger charge is 2.24. The van der Waals surface area contributed by atoms with Crippen molar-refractivity contribution in [3.8, 4) is 45.5 Å². The molecule has 0 unspecified atom stereocenters. The van der Waals surface area contributed by atoms with Gasteiger partial charge in [0, 0.05) is 54.8 Å². The van der Waals surface area contributed by atoms with Crippen LogP contribution in [0.3, 0.4) is 0 Å². The Bertz CT molecular complexity index is 3880. The summed E-state index contributed by atoms with van der Waals surface area (Å²) in [6, 6.07) is 70.2. The summed E-state index contributed by atoms with van der Waals surface area (Å²) >= 11 is 0. The van der Waals surface area contributed by atoms with E-state index < -0.39 is 0 Å². The van der Waals surface area contributed by atoms with Gasteiger partial charge in [0.25, 0.3) is 0 Å². The Morgan fingerprint density at radius 3 is 1.72 bits per heavy atom. The largest absolute Gasteiger partial charge is 0.455 e.